The largest absolute Gasteiger partial charge is 0.481 e. The minimum absolute atomic E-state index is 0.198. The van der Waals surface area contributed by atoms with Crippen molar-refractivity contribution in [2.75, 3.05) is 7.11 Å². The summed E-state index contributed by atoms with van der Waals surface area (Å²) < 4.78 is 6.57. The number of aliphatic carboxylic acids is 1. The number of aryl methyl sites for hydroxylation is 2. The van der Waals surface area contributed by atoms with E-state index in [1.807, 2.05) is 0 Å². The lowest BCUT2D eigenvalue weighted by atomic mass is 9.96. The van der Waals surface area contributed by atoms with Crippen LogP contribution in [0.3, 0.4) is 0 Å². The molecule has 94 valence electrons. The average Bonchev–Trinajstić information content (AvgIpc) is 2.50. The van der Waals surface area contributed by atoms with Crippen LogP contribution in [-0.4, -0.2) is 33.7 Å². The van der Waals surface area contributed by atoms with Crippen molar-refractivity contribution in [1.82, 2.24) is 9.78 Å². The summed E-state index contributed by atoms with van der Waals surface area (Å²) in [4.78, 5) is 22.7. The first kappa shape index (κ1) is 13.2. The van der Waals surface area contributed by atoms with E-state index in [-0.39, 0.29) is 12.2 Å². The first-order chi connectivity index (χ1) is 7.88. The molecule has 0 amide bonds. The number of ether oxygens (including phenoxy) is 1. The van der Waals surface area contributed by atoms with Crippen LogP contribution in [0.2, 0.25) is 0 Å². The van der Waals surface area contributed by atoms with Gasteiger partial charge in [-0.05, 0) is 6.92 Å². The van der Waals surface area contributed by atoms with Crippen molar-refractivity contribution in [3.8, 4) is 5.88 Å². The topological polar surface area (TPSA) is 81.4 Å². The van der Waals surface area contributed by atoms with Crippen molar-refractivity contribution >= 4 is 11.8 Å². The fraction of sp³-hybridized carbons (Fsp3) is 0.545. The summed E-state index contributed by atoms with van der Waals surface area (Å²) in [5.74, 6) is -1.48. The van der Waals surface area contributed by atoms with Crippen LogP contribution in [0.4, 0.5) is 0 Å². The number of ketones is 1. The molecule has 0 aliphatic carbocycles. The number of aromatic nitrogens is 2. The van der Waals surface area contributed by atoms with Gasteiger partial charge < -0.3 is 9.84 Å². The second-order valence-electron chi connectivity index (χ2n) is 3.96. The number of rotatable bonds is 5. The average molecular weight is 240 g/mol. The van der Waals surface area contributed by atoms with E-state index in [9.17, 15) is 9.59 Å². The Labute approximate surface area is 99.2 Å². The molecule has 0 aliphatic heterocycles. The number of hydrogen-bond donors (Lipinski definition) is 1. The van der Waals surface area contributed by atoms with E-state index in [4.69, 9.17) is 9.84 Å². The van der Waals surface area contributed by atoms with Crippen LogP contribution in [0, 0.1) is 12.8 Å². The zero-order valence-electron chi connectivity index (χ0n) is 10.4. The van der Waals surface area contributed by atoms with Crippen LogP contribution in [0.5, 0.6) is 5.88 Å². The van der Waals surface area contributed by atoms with Crippen LogP contribution < -0.4 is 4.74 Å². The molecule has 1 heterocycles. The fourth-order valence-corrected chi connectivity index (χ4v) is 1.76. The van der Waals surface area contributed by atoms with Crippen molar-refractivity contribution in [3.05, 3.63) is 11.3 Å². The van der Waals surface area contributed by atoms with Crippen molar-refractivity contribution in [1.29, 1.82) is 0 Å². The summed E-state index contributed by atoms with van der Waals surface area (Å²) >= 11 is 0. The quantitative estimate of drug-likeness (QED) is 0.777. The highest BCUT2D eigenvalue weighted by Gasteiger charge is 2.26. The van der Waals surface area contributed by atoms with Crippen molar-refractivity contribution in [2.45, 2.75) is 20.3 Å². The molecule has 0 radical (unpaired) electrons. The molecule has 0 bridgehead atoms. The maximum Gasteiger partial charge on any atom is 0.304 e. The Bertz CT molecular complexity index is 451. The molecule has 0 aromatic carbocycles. The molecular weight excluding hydrogens is 224 g/mol. The Morgan fingerprint density at radius 2 is 2.12 bits per heavy atom. The number of methoxy groups -OCH3 is 1. The van der Waals surface area contributed by atoms with E-state index in [2.05, 4.69) is 5.10 Å². The van der Waals surface area contributed by atoms with E-state index in [0.717, 1.165) is 0 Å². The van der Waals surface area contributed by atoms with Crippen LogP contribution in [0.15, 0.2) is 0 Å². The second-order valence-corrected chi connectivity index (χ2v) is 3.96. The van der Waals surface area contributed by atoms with Crippen LogP contribution >= 0.6 is 0 Å². The number of Topliss-reactive ketones (excluding diaryl/α,β-unsaturated/α-hetero) is 1. The Hall–Kier alpha value is -1.85. The highest BCUT2D eigenvalue weighted by molar-refractivity contribution is 6.02. The fourth-order valence-electron chi connectivity index (χ4n) is 1.76. The van der Waals surface area contributed by atoms with Crippen molar-refractivity contribution < 1.29 is 19.4 Å². The predicted octanol–water partition coefficient (Wildman–Crippen LogP) is 1.03. The molecule has 0 saturated carbocycles. The van der Waals surface area contributed by atoms with Crippen LogP contribution in [0.25, 0.3) is 0 Å². The molecule has 1 atom stereocenters. The number of nitrogens with zero attached hydrogens (tertiary/aromatic N) is 2. The Balaban J connectivity index is 3.07. The monoisotopic (exact) mass is 240 g/mol. The Kier molecular flexibility index (Phi) is 3.88. The molecule has 1 rings (SSSR count). The SMILES string of the molecule is COc1c(C(=O)C(C)CC(=O)O)c(C)nn1C. The first-order valence-corrected chi connectivity index (χ1v) is 5.22. The molecule has 0 saturated heterocycles. The number of carbonyl (C=O) groups is 2. The van der Waals surface area contributed by atoms with Crippen LogP contribution in [-0.2, 0) is 11.8 Å². The summed E-state index contributed by atoms with van der Waals surface area (Å²) in [5.41, 5.74) is 0.912. The van der Waals surface area contributed by atoms with Gasteiger partial charge in [0, 0.05) is 13.0 Å². The number of carboxylic acid groups (broad SMARTS) is 1. The molecule has 6 nitrogen and oxygen atoms in total. The highest BCUT2D eigenvalue weighted by Crippen LogP contribution is 2.25. The summed E-state index contributed by atoms with van der Waals surface area (Å²) in [6, 6.07) is 0. The first-order valence-electron chi connectivity index (χ1n) is 5.22. The maximum atomic E-state index is 12.1. The highest BCUT2D eigenvalue weighted by atomic mass is 16.5. The van der Waals surface area contributed by atoms with Gasteiger partial charge in [0.2, 0.25) is 5.88 Å². The summed E-state index contributed by atoms with van der Waals surface area (Å²) in [7, 11) is 3.12. The van der Waals surface area contributed by atoms with Gasteiger partial charge >= 0.3 is 5.97 Å². The van der Waals surface area contributed by atoms with Gasteiger partial charge in [0.15, 0.2) is 5.78 Å². The van der Waals surface area contributed by atoms with Gasteiger partial charge in [-0.3, -0.25) is 9.59 Å². The zero-order chi connectivity index (χ0) is 13.2. The Morgan fingerprint density at radius 3 is 2.59 bits per heavy atom. The van der Waals surface area contributed by atoms with Gasteiger partial charge in [0.05, 0.1) is 19.2 Å². The molecule has 0 spiro atoms. The molecule has 1 N–H and O–H groups in total. The molecule has 17 heavy (non-hydrogen) atoms. The zero-order valence-corrected chi connectivity index (χ0v) is 10.4. The number of carboxylic acids is 1. The lowest BCUT2D eigenvalue weighted by molar-refractivity contribution is -0.137. The van der Waals surface area contributed by atoms with Gasteiger partial charge in [-0.1, -0.05) is 6.92 Å². The van der Waals surface area contributed by atoms with E-state index in [0.29, 0.717) is 17.1 Å². The van der Waals surface area contributed by atoms with Gasteiger partial charge in [-0.15, -0.1) is 0 Å². The van der Waals surface area contributed by atoms with Gasteiger partial charge in [-0.2, -0.15) is 5.10 Å². The molecular formula is C11H16N2O4. The third kappa shape index (κ3) is 2.64. The lowest BCUT2D eigenvalue weighted by Crippen LogP contribution is -2.16. The van der Waals surface area contributed by atoms with Gasteiger partial charge in [-0.25, -0.2) is 4.68 Å². The third-order valence-corrected chi connectivity index (χ3v) is 2.54. The molecule has 0 aliphatic rings. The molecule has 1 aromatic rings. The van der Waals surface area contributed by atoms with Crippen molar-refractivity contribution in [2.24, 2.45) is 13.0 Å². The third-order valence-electron chi connectivity index (χ3n) is 2.54. The lowest BCUT2D eigenvalue weighted by Gasteiger charge is -2.08. The minimum atomic E-state index is -0.994. The standard InChI is InChI=1S/C11H16N2O4/c1-6(5-8(14)15)10(16)9-7(2)12-13(3)11(9)17-4/h6H,5H2,1-4H3,(H,14,15). The van der Waals surface area contributed by atoms with E-state index < -0.39 is 11.9 Å². The smallest absolute Gasteiger partial charge is 0.304 e. The van der Waals surface area contributed by atoms with Gasteiger partial charge in [0.25, 0.3) is 0 Å². The predicted molar refractivity (Wildman–Crippen MR) is 60.2 cm³/mol. The molecule has 6 heteroatoms. The molecule has 1 aromatic heterocycles. The number of carbonyl (C=O) groups excluding carboxylic acids is 1. The van der Waals surface area contributed by atoms with Crippen molar-refractivity contribution in [3.63, 3.8) is 0 Å². The van der Waals surface area contributed by atoms with E-state index in [1.54, 1.807) is 20.9 Å². The van der Waals surface area contributed by atoms with E-state index in [1.165, 1.54) is 11.8 Å². The maximum absolute atomic E-state index is 12.1. The van der Waals surface area contributed by atoms with E-state index >= 15 is 0 Å². The normalized spacial score (nSPS) is 12.2. The van der Waals surface area contributed by atoms with Crippen LogP contribution in [0.1, 0.15) is 29.4 Å². The second kappa shape index (κ2) is 4.99. The van der Waals surface area contributed by atoms with Gasteiger partial charge in [0.1, 0.15) is 5.56 Å². The summed E-state index contributed by atoms with van der Waals surface area (Å²) in [6.07, 6.45) is -0.198. The summed E-state index contributed by atoms with van der Waals surface area (Å²) in [5, 5.41) is 12.8. The minimum Gasteiger partial charge on any atom is -0.481 e. The number of hydrogen-bond acceptors (Lipinski definition) is 4. The summed E-state index contributed by atoms with van der Waals surface area (Å²) in [6.45, 7) is 3.28. The molecule has 1 unspecified atom stereocenters. The Morgan fingerprint density at radius 1 is 1.53 bits per heavy atom. The molecule has 0 fully saturated rings.